The first-order chi connectivity index (χ1) is 12.3. The topological polar surface area (TPSA) is 53.8 Å². The molecule has 0 amide bonds. The zero-order valence-electron chi connectivity index (χ0n) is 14.7. The molecule has 0 saturated heterocycles. The molecule has 0 saturated carbocycles. The fourth-order valence-electron chi connectivity index (χ4n) is 5.28. The number of halogens is 2. The van der Waals surface area contributed by atoms with Crippen molar-refractivity contribution in [1.82, 2.24) is 5.32 Å². The zero-order valence-corrected chi connectivity index (χ0v) is 16.3. The number of azo groups is 1. The van der Waals surface area contributed by atoms with E-state index in [2.05, 4.69) is 45.3 Å². The van der Waals surface area contributed by atoms with Gasteiger partial charge in [0, 0.05) is 23.3 Å². The van der Waals surface area contributed by atoms with Crippen LogP contribution in [0.4, 0.5) is 4.39 Å². The van der Waals surface area contributed by atoms with Gasteiger partial charge in [0.25, 0.3) is 0 Å². The Kier molecular flexibility index (Phi) is 3.22. The number of Topliss-reactive ketones (excluding diaryl/α,β-unsaturated/α-hetero) is 1. The number of hydrogen-bond acceptors (Lipinski definition) is 4. The molecule has 4 aliphatic rings. The number of benzene rings is 1. The van der Waals surface area contributed by atoms with Gasteiger partial charge < -0.3 is 5.32 Å². The highest BCUT2D eigenvalue weighted by Gasteiger charge is 2.57. The molecule has 4 nitrogen and oxygen atoms in total. The van der Waals surface area contributed by atoms with E-state index in [1.54, 1.807) is 6.07 Å². The number of carbonyl (C=O) groups is 1. The van der Waals surface area contributed by atoms with Crippen LogP contribution in [-0.4, -0.2) is 11.9 Å². The molecule has 0 radical (unpaired) electrons. The van der Waals surface area contributed by atoms with Crippen LogP contribution in [0.5, 0.6) is 0 Å². The van der Waals surface area contributed by atoms with E-state index in [1.165, 1.54) is 6.07 Å². The summed E-state index contributed by atoms with van der Waals surface area (Å²) in [5.41, 5.74) is 3.62. The van der Waals surface area contributed by atoms with Crippen LogP contribution in [0.15, 0.2) is 49.9 Å². The largest absolute Gasteiger partial charge is 0.362 e. The summed E-state index contributed by atoms with van der Waals surface area (Å²) in [6, 6.07) is 5.22. The lowest BCUT2D eigenvalue weighted by molar-refractivity contribution is -0.119. The lowest BCUT2D eigenvalue weighted by Gasteiger charge is -2.46. The molecule has 1 aromatic carbocycles. The van der Waals surface area contributed by atoms with Crippen LogP contribution >= 0.6 is 15.9 Å². The van der Waals surface area contributed by atoms with Gasteiger partial charge in [-0.15, -0.1) is 5.11 Å². The van der Waals surface area contributed by atoms with E-state index in [0.29, 0.717) is 23.9 Å². The third-order valence-corrected chi connectivity index (χ3v) is 6.74. The number of ketones is 1. The minimum absolute atomic E-state index is 0.0956. The number of carbonyl (C=O) groups excluding carboxylic acids is 1. The molecule has 1 aromatic rings. The minimum atomic E-state index is -0.626. The van der Waals surface area contributed by atoms with Crippen LogP contribution in [0, 0.1) is 11.2 Å². The average Bonchev–Trinajstić information content (AvgIpc) is 3.09. The lowest BCUT2D eigenvalue weighted by Crippen LogP contribution is -2.50. The molecule has 0 aromatic heterocycles. The fraction of sp³-hybridized carbons (Fsp3) is 0.450. The molecule has 2 aliphatic heterocycles. The minimum Gasteiger partial charge on any atom is -0.362 e. The first-order valence-corrected chi connectivity index (χ1v) is 9.75. The van der Waals surface area contributed by atoms with Crippen molar-refractivity contribution in [3.63, 3.8) is 0 Å². The van der Waals surface area contributed by atoms with E-state index in [1.807, 2.05) is 6.07 Å². The van der Waals surface area contributed by atoms with Crippen LogP contribution in [0.3, 0.4) is 0 Å². The van der Waals surface area contributed by atoms with E-state index >= 15 is 0 Å². The second kappa shape index (κ2) is 5.12. The van der Waals surface area contributed by atoms with Gasteiger partial charge in [-0.25, -0.2) is 4.39 Å². The predicted molar refractivity (Wildman–Crippen MR) is 99.2 cm³/mol. The van der Waals surface area contributed by atoms with Crippen molar-refractivity contribution in [2.45, 2.75) is 51.1 Å². The molecule has 2 heterocycles. The quantitative estimate of drug-likeness (QED) is 0.626. The van der Waals surface area contributed by atoms with Crippen molar-refractivity contribution in [2.75, 3.05) is 0 Å². The van der Waals surface area contributed by atoms with E-state index < -0.39 is 5.41 Å². The van der Waals surface area contributed by atoms with Gasteiger partial charge in [0.05, 0.1) is 5.41 Å². The third-order valence-electron chi connectivity index (χ3n) is 6.16. The van der Waals surface area contributed by atoms with E-state index in [0.717, 1.165) is 34.4 Å². The van der Waals surface area contributed by atoms with E-state index in [4.69, 9.17) is 0 Å². The maximum Gasteiger partial charge on any atom is 0.165 e. The van der Waals surface area contributed by atoms with Gasteiger partial charge in [-0.05, 0) is 57.8 Å². The summed E-state index contributed by atoms with van der Waals surface area (Å²) in [4.78, 5) is 13.3. The Hall–Kier alpha value is -1.82. The molecule has 1 unspecified atom stereocenters. The molecule has 26 heavy (non-hydrogen) atoms. The molecule has 1 N–H and O–H groups in total. The van der Waals surface area contributed by atoms with Crippen molar-refractivity contribution >= 4 is 21.7 Å². The van der Waals surface area contributed by atoms with Crippen molar-refractivity contribution in [2.24, 2.45) is 15.6 Å². The smallest absolute Gasteiger partial charge is 0.165 e. The van der Waals surface area contributed by atoms with E-state index in [9.17, 15) is 9.18 Å². The Balaban J connectivity index is 1.84. The maximum atomic E-state index is 14.5. The van der Waals surface area contributed by atoms with Gasteiger partial charge in [0.2, 0.25) is 0 Å². The molecule has 0 fully saturated rings. The molecule has 5 rings (SSSR count). The molecule has 6 heteroatoms. The van der Waals surface area contributed by atoms with Crippen LogP contribution < -0.4 is 5.32 Å². The Morgan fingerprint density at radius 2 is 2.12 bits per heavy atom. The van der Waals surface area contributed by atoms with Crippen LogP contribution in [0.2, 0.25) is 0 Å². The van der Waals surface area contributed by atoms with Crippen molar-refractivity contribution in [3.8, 4) is 0 Å². The number of allylic oxidation sites excluding steroid dienone is 2. The average molecular weight is 416 g/mol. The van der Waals surface area contributed by atoms with Gasteiger partial charge in [0.1, 0.15) is 10.4 Å². The summed E-state index contributed by atoms with van der Waals surface area (Å²) in [5, 5.41) is 12.1. The molecular weight excluding hydrogens is 397 g/mol. The molecule has 2 atom stereocenters. The highest BCUT2D eigenvalue weighted by atomic mass is 79.9. The summed E-state index contributed by atoms with van der Waals surface area (Å²) in [6.45, 7) is 4.23. The zero-order chi connectivity index (χ0) is 18.3. The van der Waals surface area contributed by atoms with Crippen LogP contribution in [0.25, 0.3) is 0 Å². The van der Waals surface area contributed by atoms with Gasteiger partial charge in [-0.1, -0.05) is 26.0 Å². The number of nitrogens with one attached hydrogen (secondary N) is 1. The number of nitrogens with zero attached hydrogens (tertiary/aromatic N) is 2. The highest BCUT2D eigenvalue weighted by molar-refractivity contribution is 9.11. The van der Waals surface area contributed by atoms with Gasteiger partial charge >= 0.3 is 0 Å². The molecule has 0 bridgehead atoms. The predicted octanol–water partition coefficient (Wildman–Crippen LogP) is 4.65. The molecule has 1 spiro atoms. The first-order valence-electron chi connectivity index (χ1n) is 8.96. The Bertz CT molecular complexity index is 962. The van der Waals surface area contributed by atoms with Gasteiger partial charge in [0.15, 0.2) is 11.9 Å². The summed E-state index contributed by atoms with van der Waals surface area (Å²) < 4.78 is 15.2. The van der Waals surface area contributed by atoms with Crippen LogP contribution in [-0.2, 0) is 16.6 Å². The highest BCUT2D eigenvalue weighted by Crippen LogP contribution is 2.59. The van der Waals surface area contributed by atoms with Gasteiger partial charge in [-0.2, -0.15) is 5.11 Å². The van der Waals surface area contributed by atoms with Crippen molar-refractivity contribution in [1.29, 1.82) is 0 Å². The molecule has 134 valence electrons. The second-order valence-electron chi connectivity index (χ2n) is 8.43. The maximum absolute atomic E-state index is 14.5. The first kappa shape index (κ1) is 16.4. The molecular formula is C20H19BrFN3O. The second-order valence-corrected chi connectivity index (χ2v) is 9.18. The Morgan fingerprint density at radius 1 is 1.31 bits per heavy atom. The number of fused-ring (bicyclic) bond motifs is 5. The Morgan fingerprint density at radius 3 is 2.92 bits per heavy atom. The summed E-state index contributed by atoms with van der Waals surface area (Å²) in [6.07, 6.45) is 2.30. The Labute approximate surface area is 159 Å². The summed E-state index contributed by atoms with van der Waals surface area (Å²) in [5.74, 6) is -0.0391. The lowest BCUT2D eigenvalue weighted by atomic mass is 9.60. The standard InChI is InChI=1S/C20H19BrFN3O/c1-19(2)8-13-15(14(26)9-19)20(16-17(21)24-25-18(16)23-13)7-6-10-11(20)4-3-5-12(10)22/h3-5,18,23H,6-9H2,1-2H3/t18?,20-/m0/s1. The fourth-order valence-corrected chi connectivity index (χ4v) is 5.93. The molecule has 2 aliphatic carbocycles. The van der Waals surface area contributed by atoms with Crippen LogP contribution in [0.1, 0.15) is 44.2 Å². The summed E-state index contributed by atoms with van der Waals surface area (Å²) >= 11 is 3.55. The summed E-state index contributed by atoms with van der Waals surface area (Å²) in [7, 11) is 0. The number of hydrogen-bond donors (Lipinski definition) is 1. The number of rotatable bonds is 0. The SMILES string of the molecule is CC1(C)CC(=O)C2=C(C1)NC1N=NC(Br)=C1[C@]21CCc2c(F)cccc21. The van der Waals surface area contributed by atoms with Crippen molar-refractivity contribution in [3.05, 3.63) is 56.6 Å². The van der Waals surface area contributed by atoms with E-state index in [-0.39, 0.29) is 23.2 Å². The third kappa shape index (κ3) is 1.96. The van der Waals surface area contributed by atoms with Crippen molar-refractivity contribution < 1.29 is 9.18 Å². The van der Waals surface area contributed by atoms with Gasteiger partial charge in [-0.3, -0.25) is 4.79 Å². The normalized spacial score (nSPS) is 31.2. The monoisotopic (exact) mass is 415 g/mol.